The summed E-state index contributed by atoms with van der Waals surface area (Å²) >= 11 is 0. The molecule has 0 radical (unpaired) electrons. The number of hydrogen-bond donors (Lipinski definition) is 1. The Morgan fingerprint density at radius 3 is 2.64 bits per heavy atom. The lowest BCUT2D eigenvalue weighted by Crippen LogP contribution is -2.44. The van der Waals surface area contributed by atoms with Crippen molar-refractivity contribution < 1.29 is 4.74 Å². The molecule has 120 valence electrons. The summed E-state index contributed by atoms with van der Waals surface area (Å²) in [5, 5.41) is 0. The minimum Gasteiger partial charge on any atom is -0.475 e. The first kappa shape index (κ1) is 16.8. The molecule has 0 bridgehead atoms. The molecule has 1 saturated heterocycles. The van der Waals surface area contributed by atoms with Gasteiger partial charge in [0.05, 0.1) is 17.6 Å². The maximum absolute atomic E-state index is 5.94. The second-order valence-corrected chi connectivity index (χ2v) is 5.35. The summed E-state index contributed by atoms with van der Waals surface area (Å²) in [6.45, 7) is 4.16. The third-order valence-electron chi connectivity index (χ3n) is 3.97. The van der Waals surface area contributed by atoms with Crippen LogP contribution in [0.3, 0.4) is 0 Å². The van der Waals surface area contributed by atoms with Crippen LogP contribution in [0.5, 0.6) is 5.88 Å². The van der Waals surface area contributed by atoms with E-state index in [1.807, 2.05) is 31.2 Å². The highest BCUT2D eigenvalue weighted by Crippen LogP contribution is 2.31. The first-order valence-corrected chi connectivity index (χ1v) is 7.69. The molecule has 0 amide bonds. The third-order valence-corrected chi connectivity index (χ3v) is 3.97. The van der Waals surface area contributed by atoms with Crippen LogP contribution in [0.1, 0.15) is 26.2 Å². The predicted molar refractivity (Wildman–Crippen MR) is 92.0 cm³/mol. The zero-order valence-corrected chi connectivity index (χ0v) is 13.7. The summed E-state index contributed by atoms with van der Waals surface area (Å²) in [6.07, 6.45) is 3.50. The summed E-state index contributed by atoms with van der Waals surface area (Å²) in [6, 6.07) is 8.23. The summed E-state index contributed by atoms with van der Waals surface area (Å²) in [5.41, 5.74) is 7.70. The smallest absolute Gasteiger partial charge is 0.258 e. The first-order valence-electron chi connectivity index (χ1n) is 7.69. The number of rotatable bonds is 4. The normalized spacial score (nSPS) is 18.1. The van der Waals surface area contributed by atoms with Gasteiger partial charge in [0.15, 0.2) is 5.82 Å². The Kier molecular flexibility index (Phi) is 5.80. The maximum Gasteiger partial charge on any atom is 0.258 e. The molecule has 1 aromatic heterocycles. The number of anilines is 1. The fourth-order valence-corrected chi connectivity index (χ4v) is 2.92. The van der Waals surface area contributed by atoms with Gasteiger partial charge in [0, 0.05) is 19.1 Å². The van der Waals surface area contributed by atoms with Crippen molar-refractivity contribution in [3.8, 4) is 5.88 Å². The summed E-state index contributed by atoms with van der Waals surface area (Å²) in [7, 11) is 0. The van der Waals surface area contributed by atoms with Gasteiger partial charge in [-0.05, 0) is 38.3 Å². The van der Waals surface area contributed by atoms with Crippen molar-refractivity contribution in [2.24, 2.45) is 5.73 Å². The van der Waals surface area contributed by atoms with Crippen molar-refractivity contribution in [2.45, 2.75) is 32.2 Å². The molecule has 0 saturated carbocycles. The van der Waals surface area contributed by atoms with Crippen molar-refractivity contribution >= 4 is 29.3 Å². The van der Waals surface area contributed by atoms with E-state index in [-0.39, 0.29) is 12.4 Å². The third kappa shape index (κ3) is 3.25. The quantitative estimate of drug-likeness (QED) is 0.937. The average Bonchev–Trinajstić information content (AvgIpc) is 2.54. The van der Waals surface area contributed by atoms with E-state index < -0.39 is 0 Å². The minimum absolute atomic E-state index is 0. The van der Waals surface area contributed by atoms with Crippen LogP contribution in [0, 0.1) is 0 Å². The van der Waals surface area contributed by atoms with E-state index in [0.29, 0.717) is 25.1 Å². The van der Waals surface area contributed by atoms with E-state index in [2.05, 4.69) is 9.88 Å². The van der Waals surface area contributed by atoms with Crippen LogP contribution in [-0.2, 0) is 0 Å². The van der Waals surface area contributed by atoms with E-state index >= 15 is 0 Å². The molecule has 2 heterocycles. The van der Waals surface area contributed by atoms with Crippen LogP contribution < -0.4 is 15.4 Å². The second-order valence-electron chi connectivity index (χ2n) is 5.35. The Balaban J connectivity index is 0.00000176. The van der Waals surface area contributed by atoms with Crippen LogP contribution in [0.2, 0.25) is 0 Å². The lowest BCUT2D eigenvalue weighted by atomic mass is 10.0. The van der Waals surface area contributed by atoms with Crippen LogP contribution in [0.25, 0.3) is 11.0 Å². The van der Waals surface area contributed by atoms with Gasteiger partial charge in [-0.25, -0.2) is 9.97 Å². The average molecular weight is 323 g/mol. The largest absolute Gasteiger partial charge is 0.475 e. The molecule has 1 fully saturated rings. The highest BCUT2D eigenvalue weighted by molar-refractivity contribution is 5.85. The first-order chi connectivity index (χ1) is 10.3. The lowest BCUT2D eigenvalue weighted by Gasteiger charge is -2.36. The minimum atomic E-state index is 0. The molecule has 1 aromatic carbocycles. The highest BCUT2D eigenvalue weighted by Gasteiger charge is 2.26. The summed E-state index contributed by atoms with van der Waals surface area (Å²) < 4.78 is 5.74. The Morgan fingerprint density at radius 2 is 1.95 bits per heavy atom. The molecule has 1 atom stereocenters. The standard InChI is InChI=1S/C16H22N4O.ClH/c1-2-21-16-15(20-10-6-5-7-12(20)11-17)18-13-8-3-4-9-14(13)19-16;/h3-4,8-9,12H,2,5-7,10-11,17H2,1H3;1H. The number of ether oxygens (including phenoxy) is 1. The van der Waals surface area contributed by atoms with Gasteiger partial charge in [0.25, 0.3) is 5.88 Å². The molecule has 6 heteroatoms. The maximum atomic E-state index is 5.94. The Hall–Kier alpha value is -1.59. The molecule has 5 nitrogen and oxygen atoms in total. The van der Waals surface area contributed by atoms with Crippen molar-refractivity contribution in [2.75, 3.05) is 24.6 Å². The molecule has 0 aliphatic carbocycles. The van der Waals surface area contributed by atoms with Crippen molar-refractivity contribution in [1.82, 2.24) is 9.97 Å². The molecule has 0 spiro atoms. The van der Waals surface area contributed by atoms with Crippen LogP contribution in [-0.4, -0.2) is 35.7 Å². The topological polar surface area (TPSA) is 64.3 Å². The summed E-state index contributed by atoms with van der Waals surface area (Å²) in [4.78, 5) is 11.7. The number of fused-ring (bicyclic) bond motifs is 1. The number of hydrogen-bond acceptors (Lipinski definition) is 5. The van der Waals surface area contributed by atoms with Gasteiger partial charge in [-0.3, -0.25) is 0 Å². The number of para-hydroxylation sites is 2. The molecule has 2 N–H and O–H groups in total. The lowest BCUT2D eigenvalue weighted by molar-refractivity contribution is 0.324. The van der Waals surface area contributed by atoms with E-state index in [0.717, 1.165) is 36.2 Å². The van der Waals surface area contributed by atoms with Gasteiger partial charge in [-0.1, -0.05) is 12.1 Å². The van der Waals surface area contributed by atoms with Crippen molar-refractivity contribution in [1.29, 1.82) is 0 Å². The molecular weight excluding hydrogens is 300 g/mol. The van der Waals surface area contributed by atoms with Crippen molar-refractivity contribution in [3.63, 3.8) is 0 Å². The molecule has 1 unspecified atom stereocenters. The fourth-order valence-electron chi connectivity index (χ4n) is 2.92. The van der Waals surface area contributed by atoms with E-state index in [1.54, 1.807) is 0 Å². The number of nitrogens with two attached hydrogens (primary N) is 1. The fraction of sp³-hybridized carbons (Fsp3) is 0.500. The Labute approximate surface area is 137 Å². The number of benzene rings is 1. The Bertz CT molecular complexity index is 622. The summed E-state index contributed by atoms with van der Waals surface area (Å²) in [5.74, 6) is 1.46. The van der Waals surface area contributed by atoms with Gasteiger partial charge in [0.1, 0.15) is 0 Å². The zero-order chi connectivity index (χ0) is 14.7. The van der Waals surface area contributed by atoms with E-state index in [1.165, 1.54) is 6.42 Å². The molecule has 22 heavy (non-hydrogen) atoms. The van der Waals surface area contributed by atoms with Gasteiger partial charge in [-0.15, -0.1) is 12.4 Å². The van der Waals surface area contributed by atoms with Crippen molar-refractivity contribution in [3.05, 3.63) is 24.3 Å². The molecule has 2 aromatic rings. The molecule has 1 aliphatic rings. The second kappa shape index (κ2) is 7.61. The van der Waals surface area contributed by atoms with Gasteiger partial charge < -0.3 is 15.4 Å². The van der Waals surface area contributed by atoms with Crippen LogP contribution >= 0.6 is 12.4 Å². The van der Waals surface area contributed by atoms with Gasteiger partial charge in [0.2, 0.25) is 0 Å². The Morgan fingerprint density at radius 1 is 1.23 bits per heavy atom. The molecular formula is C16H23ClN4O. The van der Waals surface area contributed by atoms with Gasteiger partial charge >= 0.3 is 0 Å². The van der Waals surface area contributed by atoms with E-state index in [9.17, 15) is 0 Å². The SMILES string of the molecule is CCOc1nc2ccccc2nc1N1CCCCC1CN.Cl. The van der Waals surface area contributed by atoms with Crippen LogP contribution in [0.4, 0.5) is 5.82 Å². The predicted octanol–water partition coefficient (Wildman–Crippen LogP) is 2.77. The number of aromatic nitrogens is 2. The van der Waals surface area contributed by atoms with Crippen LogP contribution in [0.15, 0.2) is 24.3 Å². The highest BCUT2D eigenvalue weighted by atomic mass is 35.5. The van der Waals surface area contributed by atoms with Gasteiger partial charge in [-0.2, -0.15) is 0 Å². The number of piperidine rings is 1. The van der Waals surface area contributed by atoms with E-state index in [4.69, 9.17) is 15.5 Å². The zero-order valence-electron chi connectivity index (χ0n) is 12.9. The number of nitrogens with zero attached hydrogens (tertiary/aromatic N) is 3. The molecule has 3 rings (SSSR count). The number of halogens is 1. The monoisotopic (exact) mass is 322 g/mol. The molecule has 1 aliphatic heterocycles.